The zero-order chi connectivity index (χ0) is 12.0. The SMILES string of the molecule is CC(C)OCCC(N)Cc1ccc(F)cc1. The lowest BCUT2D eigenvalue weighted by Crippen LogP contribution is -2.25. The van der Waals surface area contributed by atoms with Crippen molar-refractivity contribution >= 4 is 0 Å². The number of ether oxygens (including phenoxy) is 1. The number of nitrogens with two attached hydrogens (primary N) is 1. The van der Waals surface area contributed by atoms with Gasteiger partial charge in [0, 0.05) is 12.6 Å². The lowest BCUT2D eigenvalue weighted by Gasteiger charge is -2.13. The Morgan fingerprint density at radius 1 is 1.25 bits per heavy atom. The lowest BCUT2D eigenvalue weighted by molar-refractivity contribution is 0.0737. The van der Waals surface area contributed by atoms with E-state index in [1.54, 1.807) is 12.1 Å². The van der Waals surface area contributed by atoms with E-state index in [9.17, 15) is 4.39 Å². The Bertz CT molecular complexity index is 297. The minimum atomic E-state index is -0.208. The van der Waals surface area contributed by atoms with Crippen LogP contribution in [0.2, 0.25) is 0 Å². The second-order valence-electron chi connectivity index (χ2n) is 4.30. The fourth-order valence-electron chi connectivity index (χ4n) is 1.48. The molecular weight excluding hydrogens is 205 g/mol. The molecule has 0 saturated heterocycles. The largest absolute Gasteiger partial charge is 0.379 e. The summed E-state index contributed by atoms with van der Waals surface area (Å²) in [6, 6.07) is 6.56. The summed E-state index contributed by atoms with van der Waals surface area (Å²) in [7, 11) is 0. The second kappa shape index (κ2) is 6.61. The van der Waals surface area contributed by atoms with Crippen LogP contribution < -0.4 is 5.73 Å². The number of rotatable bonds is 6. The van der Waals surface area contributed by atoms with Crippen LogP contribution in [-0.4, -0.2) is 18.8 Å². The molecule has 1 unspecified atom stereocenters. The maximum absolute atomic E-state index is 12.7. The molecule has 2 nitrogen and oxygen atoms in total. The highest BCUT2D eigenvalue weighted by molar-refractivity contribution is 5.16. The molecule has 3 heteroatoms. The van der Waals surface area contributed by atoms with Crippen molar-refractivity contribution in [3.05, 3.63) is 35.6 Å². The molecule has 2 N–H and O–H groups in total. The third-order valence-corrected chi connectivity index (χ3v) is 2.35. The van der Waals surface area contributed by atoms with Gasteiger partial charge >= 0.3 is 0 Å². The van der Waals surface area contributed by atoms with Crippen LogP contribution in [-0.2, 0) is 11.2 Å². The predicted octanol–water partition coefficient (Wildman–Crippen LogP) is 2.51. The fourth-order valence-corrected chi connectivity index (χ4v) is 1.48. The van der Waals surface area contributed by atoms with Crippen molar-refractivity contribution in [1.82, 2.24) is 0 Å². The average Bonchev–Trinajstić information content (AvgIpc) is 2.21. The van der Waals surface area contributed by atoms with Crippen LogP contribution in [0.4, 0.5) is 4.39 Å². The van der Waals surface area contributed by atoms with Gasteiger partial charge in [0.15, 0.2) is 0 Å². The maximum Gasteiger partial charge on any atom is 0.123 e. The van der Waals surface area contributed by atoms with E-state index in [0.29, 0.717) is 6.61 Å². The molecule has 0 aliphatic rings. The first-order valence-electron chi connectivity index (χ1n) is 5.69. The van der Waals surface area contributed by atoms with Gasteiger partial charge in [0.2, 0.25) is 0 Å². The average molecular weight is 225 g/mol. The van der Waals surface area contributed by atoms with Crippen LogP contribution in [0.1, 0.15) is 25.8 Å². The van der Waals surface area contributed by atoms with Crippen LogP contribution in [0.25, 0.3) is 0 Å². The summed E-state index contributed by atoms with van der Waals surface area (Å²) in [4.78, 5) is 0. The van der Waals surface area contributed by atoms with Gasteiger partial charge < -0.3 is 10.5 Å². The molecule has 0 fully saturated rings. The van der Waals surface area contributed by atoms with Gasteiger partial charge in [-0.2, -0.15) is 0 Å². The van der Waals surface area contributed by atoms with Gasteiger partial charge in [0.05, 0.1) is 6.10 Å². The molecular formula is C13H20FNO. The first-order valence-corrected chi connectivity index (χ1v) is 5.69. The summed E-state index contributed by atoms with van der Waals surface area (Å²) in [6.07, 6.45) is 1.84. The quantitative estimate of drug-likeness (QED) is 0.807. The van der Waals surface area contributed by atoms with Crippen molar-refractivity contribution in [3.63, 3.8) is 0 Å². The van der Waals surface area contributed by atoms with E-state index in [1.807, 2.05) is 13.8 Å². The van der Waals surface area contributed by atoms with Gasteiger partial charge in [-0.1, -0.05) is 12.1 Å². The minimum absolute atomic E-state index is 0.0733. The first-order chi connectivity index (χ1) is 7.58. The van der Waals surface area contributed by atoms with E-state index in [-0.39, 0.29) is 18.0 Å². The lowest BCUT2D eigenvalue weighted by atomic mass is 10.0. The highest BCUT2D eigenvalue weighted by Crippen LogP contribution is 2.07. The first kappa shape index (κ1) is 13.1. The Morgan fingerprint density at radius 2 is 1.88 bits per heavy atom. The molecule has 0 heterocycles. The molecule has 0 bridgehead atoms. The van der Waals surface area contributed by atoms with Gasteiger partial charge in [-0.3, -0.25) is 0 Å². The monoisotopic (exact) mass is 225 g/mol. The van der Waals surface area contributed by atoms with E-state index in [2.05, 4.69) is 0 Å². The smallest absolute Gasteiger partial charge is 0.123 e. The van der Waals surface area contributed by atoms with E-state index in [4.69, 9.17) is 10.5 Å². The zero-order valence-electron chi connectivity index (χ0n) is 9.95. The summed E-state index contributed by atoms with van der Waals surface area (Å²) in [6.45, 7) is 4.69. The van der Waals surface area contributed by atoms with Crippen molar-refractivity contribution in [3.8, 4) is 0 Å². The molecule has 90 valence electrons. The van der Waals surface area contributed by atoms with Gasteiger partial charge in [0.25, 0.3) is 0 Å². The van der Waals surface area contributed by atoms with Crippen molar-refractivity contribution in [2.45, 2.75) is 38.8 Å². The van der Waals surface area contributed by atoms with E-state index >= 15 is 0 Å². The van der Waals surface area contributed by atoms with Crippen molar-refractivity contribution in [1.29, 1.82) is 0 Å². The zero-order valence-corrected chi connectivity index (χ0v) is 9.95. The van der Waals surface area contributed by atoms with Crippen molar-refractivity contribution < 1.29 is 9.13 Å². The molecule has 0 aromatic heterocycles. The third kappa shape index (κ3) is 5.24. The second-order valence-corrected chi connectivity index (χ2v) is 4.30. The van der Waals surface area contributed by atoms with E-state index < -0.39 is 0 Å². The van der Waals surface area contributed by atoms with Crippen LogP contribution in [0.3, 0.4) is 0 Å². The van der Waals surface area contributed by atoms with E-state index in [0.717, 1.165) is 18.4 Å². The highest BCUT2D eigenvalue weighted by atomic mass is 19.1. The normalized spacial score (nSPS) is 13.1. The summed E-state index contributed by atoms with van der Waals surface area (Å²) in [5, 5.41) is 0. The Labute approximate surface area is 96.6 Å². The Hall–Kier alpha value is -0.930. The molecule has 1 rings (SSSR count). The molecule has 1 aromatic carbocycles. The minimum Gasteiger partial charge on any atom is -0.379 e. The number of halogens is 1. The Balaban J connectivity index is 2.28. The molecule has 16 heavy (non-hydrogen) atoms. The third-order valence-electron chi connectivity index (χ3n) is 2.35. The fraction of sp³-hybridized carbons (Fsp3) is 0.538. The molecule has 0 aliphatic heterocycles. The molecule has 0 aliphatic carbocycles. The molecule has 1 atom stereocenters. The van der Waals surface area contributed by atoms with Gasteiger partial charge in [-0.05, 0) is 44.4 Å². The van der Waals surface area contributed by atoms with Crippen LogP contribution in [0, 0.1) is 5.82 Å². The standard InChI is InChI=1S/C13H20FNO/c1-10(2)16-8-7-13(15)9-11-3-5-12(14)6-4-11/h3-6,10,13H,7-9,15H2,1-2H3. The van der Waals surface area contributed by atoms with E-state index in [1.165, 1.54) is 12.1 Å². The molecule has 0 radical (unpaired) electrons. The van der Waals surface area contributed by atoms with Crippen molar-refractivity contribution in [2.24, 2.45) is 5.73 Å². The molecule has 0 spiro atoms. The van der Waals surface area contributed by atoms with Gasteiger partial charge in [-0.15, -0.1) is 0 Å². The number of benzene rings is 1. The Kier molecular flexibility index (Phi) is 5.43. The number of hydrogen-bond donors (Lipinski definition) is 1. The molecule has 1 aromatic rings. The van der Waals surface area contributed by atoms with Crippen LogP contribution >= 0.6 is 0 Å². The van der Waals surface area contributed by atoms with Crippen LogP contribution in [0.15, 0.2) is 24.3 Å². The topological polar surface area (TPSA) is 35.2 Å². The molecule has 0 saturated carbocycles. The highest BCUT2D eigenvalue weighted by Gasteiger charge is 2.05. The summed E-state index contributed by atoms with van der Waals surface area (Å²) in [5.41, 5.74) is 7.02. The summed E-state index contributed by atoms with van der Waals surface area (Å²) < 4.78 is 18.1. The van der Waals surface area contributed by atoms with Gasteiger partial charge in [-0.25, -0.2) is 4.39 Å². The summed E-state index contributed by atoms with van der Waals surface area (Å²) in [5.74, 6) is -0.208. The molecule has 0 amide bonds. The van der Waals surface area contributed by atoms with Crippen molar-refractivity contribution in [2.75, 3.05) is 6.61 Å². The van der Waals surface area contributed by atoms with Gasteiger partial charge in [0.1, 0.15) is 5.82 Å². The predicted molar refractivity (Wildman–Crippen MR) is 63.8 cm³/mol. The maximum atomic E-state index is 12.7. The van der Waals surface area contributed by atoms with Crippen LogP contribution in [0.5, 0.6) is 0 Å². The Morgan fingerprint density at radius 3 is 2.44 bits per heavy atom. The summed E-state index contributed by atoms with van der Waals surface area (Å²) >= 11 is 0. The number of hydrogen-bond acceptors (Lipinski definition) is 2.